The van der Waals surface area contributed by atoms with Gasteiger partial charge in [0.25, 0.3) is 11.8 Å². The van der Waals surface area contributed by atoms with Crippen LogP contribution in [0.15, 0.2) is 39.3 Å². The van der Waals surface area contributed by atoms with Gasteiger partial charge in [0.15, 0.2) is 5.11 Å². The van der Waals surface area contributed by atoms with Crippen LogP contribution in [0.3, 0.4) is 0 Å². The van der Waals surface area contributed by atoms with E-state index in [0.29, 0.717) is 14.5 Å². The van der Waals surface area contributed by atoms with E-state index in [1.165, 1.54) is 17.1 Å². The van der Waals surface area contributed by atoms with Crippen molar-refractivity contribution in [1.29, 1.82) is 0 Å². The molecule has 0 aliphatic carbocycles. The van der Waals surface area contributed by atoms with Crippen molar-refractivity contribution >= 4 is 67.1 Å². The quantitative estimate of drug-likeness (QED) is 0.325. The molecule has 0 spiro atoms. The van der Waals surface area contributed by atoms with Gasteiger partial charge < -0.3 is 5.11 Å². The number of aromatic hydroxyl groups is 1. The van der Waals surface area contributed by atoms with Gasteiger partial charge in [-0.2, -0.15) is 0 Å². The van der Waals surface area contributed by atoms with E-state index in [4.69, 9.17) is 12.2 Å². The van der Waals surface area contributed by atoms with E-state index >= 15 is 0 Å². The van der Waals surface area contributed by atoms with E-state index in [1.54, 1.807) is 12.1 Å². The Kier molecular flexibility index (Phi) is 5.15. The van der Waals surface area contributed by atoms with Gasteiger partial charge in [-0.15, -0.1) is 6.58 Å². The highest BCUT2D eigenvalue weighted by molar-refractivity contribution is 9.11. The summed E-state index contributed by atoms with van der Waals surface area (Å²) in [5, 5.41) is 12.5. The third kappa shape index (κ3) is 3.29. The fraction of sp³-hybridized carbons (Fsp3) is 0.0714. The van der Waals surface area contributed by atoms with Crippen molar-refractivity contribution < 1.29 is 14.7 Å². The molecular formula is C14H10Br2N2O3S. The number of phenols is 1. The predicted octanol–water partition coefficient (Wildman–Crippen LogP) is 2.73. The molecule has 0 aromatic heterocycles. The highest BCUT2D eigenvalue weighted by atomic mass is 79.9. The summed E-state index contributed by atoms with van der Waals surface area (Å²) in [5.74, 6) is -1.21. The molecule has 1 heterocycles. The van der Waals surface area contributed by atoms with Gasteiger partial charge in [0, 0.05) is 16.6 Å². The van der Waals surface area contributed by atoms with E-state index in [-0.39, 0.29) is 23.0 Å². The third-order valence-electron chi connectivity index (χ3n) is 2.85. The first-order valence-electron chi connectivity index (χ1n) is 6.03. The number of carbonyl (C=O) groups is 2. The highest BCUT2D eigenvalue weighted by Crippen LogP contribution is 2.33. The van der Waals surface area contributed by atoms with Crippen LogP contribution >= 0.6 is 44.1 Å². The van der Waals surface area contributed by atoms with Crippen LogP contribution in [-0.4, -0.2) is 33.5 Å². The molecule has 1 fully saturated rings. The molecule has 1 aliphatic rings. The molecule has 2 N–H and O–H groups in total. The molecule has 1 saturated heterocycles. The number of hydrogen-bond donors (Lipinski definition) is 2. The molecule has 1 aromatic rings. The zero-order chi connectivity index (χ0) is 16.4. The van der Waals surface area contributed by atoms with Crippen molar-refractivity contribution in [2.75, 3.05) is 6.54 Å². The molecule has 0 radical (unpaired) electrons. The minimum atomic E-state index is -0.606. The minimum Gasteiger partial charge on any atom is -0.506 e. The predicted molar refractivity (Wildman–Crippen MR) is 94.1 cm³/mol. The van der Waals surface area contributed by atoms with Gasteiger partial charge in [0.2, 0.25) is 0 Å². The van der Waals surface area contributed by atoms with Gasteiger partial charge in [-0.05, 0) is 46.4 Å². The molecule has 1 aliphatic heterocycles. The average molecular weight is 446 g/mol. The summed E-state index contributed by atoms with van der Waals surface area (Å²) < 4.78 is 1.13. The molecule has 22 heavy (non-hydrogen) atoms. The lowest BCUT2D eigenvalue weighted by Gasteiger charge is -2.27. The van der Waals surface area contributed by atoms with Crippen LogP contribution in [0.1, 0.15) is 5.56 Å². The maximum atomic E-state index is 12.4. The molecule has 0 saturated carbocycles. The van der Waals surface area contributed by atoms with Gasteiger partial charge in [0.05, 0.1) is 4.47 Å². The number of amides is 2. The lowest BCUT2D eigenvalue weighted by Crippen LogP contribution is -2.53. The monoisotopic (exact) mass is 444 g/mol. The first-order chi connectivity index (χ1) is 10.3. The number of benzene rings is 1. The normalized spacial score (nSPS) is 16.9. The fourth-order valence-corrected chi connectivity index (χ4v) is 3.35. The first kappa shape index (κ1) is 16.9. The molecule has 0 unspecified atom stereocenters. The average Bonchev–Trinajstić information content (AvgIpc) is 2.44. The molecule has 1 aromatic carbocycles. The maximum Gasteiger partial charge on any atom is 0.265 e. The fourth-order valence-electron chi connectivity index (χ4n) is 1.84. The third-order valence-corrected chi connectivity index (χ3v) is 4.24. The molecular weight excluding hydrogens is 436 g/mol. The van der Waals surface area contributed by atoms with Crippen LogP contribution in [0.2, 0.25) is 0 Å². The molecule has 5 nitrogen and oxygen atoms in total. The Hall–Kier alpha value is -1.51. The number of hydrogen-bond acceptors (Lipinski definition) is 4. The summed E-state index contributed by atoms with van der Waals surface area (Å²) in [4.78, 5) is 25.6. The van der Waals surface area contributed by atoms with Crippen molar-refractivity contribution in [3.63, 3.8) is 0 Å². The van der Waals surface area contributed by atoms with Crippen LogP contribution < -0.4 is 5.32 Å². The number of phenolic OH excluding ortho intramolecular Hbond substituents is 1. The topological polar surface area (TPSA) is 69.6 Å². The number of nitrogens with one attached hydrogen (secondary N) is 1. The van der Waals surface area contributed by atoms with Crippen molar-refractivity contribution in [3.8, 4) is 5.75 Å². The largest absolute Gasteiger partial charge is 0.506 e. The van der Waals surface area contributed by atoms with Crippen LogP contribution in [0, 0.1) is 0 Å². The summed E-state index contributed by atoms with van der Waals surface area (Å²) in [6, 6.07) is 3.25. The van der Waals surface area contributed by atoms with Gasteiger partial charge in [-0.1, -0.05) is 22.0 Å². The van der Waals surface area contributed by atoms with Crippen molar-refractivity contribution in [3.05, 3.63) is 44.9 Å². The summed E-state index contributed by atoms with van der Waals surface area (Å²) in [6.45, 7) is 3.73. The highest BCUT2D eigenvalue weighted by Gasteiger charge is 2.32. The Labute approximate surface area is 148 Å². The van der Waals surface area contributed by atoms with Gasteiger partial charge in [-0.25, -0.2) is 0 Å². The second-order valence-electron chi connectivity index (χ2n) is 4.35. The van der Waals surface area contributed by atoms with Crippen molar-refractivity contribution in [2.24, 2.45) is 0 Å². The van der Waals surface area contributed by atoms with Gasteiger partial charge in [-0.3, -0.25) is 19.8 Å². The van der Waals surface area contributed by atoms with Crippen LogP contribution in [0.5, 0.6) is 5.75 Å². The van der Waals surface area contributed by atoms with Crippen molar-refractivity contribution in [1.82, 2.24) is 10.2 Å². The van der Waals surface area contributed by atoms with Crippen LogP contribution in [-0.2, 0) is 9.59 Å². The number of nitrogens with zero attached hydrogens (tertiary/aromatic N) is 1. The van der Waals surface area contributed by atoms with E-state index in [1.807, 2.05) is 0 Å². The second-order valence-corrected chi connectivity index (χ2v) is 6.50. The van der Waals surface area contributed by atoms with Crippen LogP contribution in [0.4, 0.5) is 0 Å². The SMILES string of the molecule is C=CCN1C(=O)/C(=C/c2cc(Br)cc(Br)c2O)C(=O)NC1=S. The van der Waals surface area contributed by atoms with Gasteiger partial charge >= 0.3 is 0 Å². The molecule has 0 bridgehead atoms. The van der Waals surface area contributed by atoms with E-state index < -0.39 is 11.8 Å². The number of halogens is 2. The Morgan fingerprint density at radius 2 is 2.05 bits per heavy atom. The van der Waals surface area contributed by atoms with E-state index in [2.05, 4.69) is 43.8 Å². The molecule has 2 amide bonds. The summed E-state index contributed by atoms with van der Waals surface area (Å²) in [5.41, 5.74) is 0.210. The second kappa shape index (κ2) is 6.72. The molecule has 2 rings (SSSR count). The lowest BCUT2D eigenvalue weighted by atomic mass is 10.1. The minimum absolute atomic E-state index is 0.0340. The maximum absolute atomic E-state index is 12.4. The lowest BCUT2D eigenvalue weighted by molar-refractivity contribution is -0.128. The van der Waals surface area contributed by atoms with E-state index in [0.717, 1.165) is 0 Å². The summed E-state index contributed by atoms with van der Waals surface area (Å²) in [6.07, 6.45) is 2.83. The number of rotatable bonds is 3. The summed E-state index contributed by atoms with van der Waals surface area (Å²) in [7, 11) is 0. The Morgan fingerprint density at radius 1 is 1.36 bits per heavy atom. The number of thiocarbonyl (C=S) groups is 1. The first-order valence-corrected chi connectivity index (χ1v) is 8.02. The molecule has 114 valence electrons. The summed E-state index contributed by atoms with van der Waals surface area (Å²) >= 11 is 11.5. The molecule has 0 atom stereocenters. The molecule has 8 heteroatoms. The van der Waals surface area contributed by atoms with Gasteiger partial charge in [0.1, 0.15) is 11.3 Å². The van der Waals surface area contributed by atoms with Crippen LogP contribution in [0.25, 0.3) is 6.08 Å². The smallest absolute Gasteiger partial charge is 0.265 e. The Balaban J connectivity index is 2.50. The van der Waals surface area contributed by atoms with E-state index in [9.17, 15) is 14.7 Å². The van der Waals surface area contributed by atoms with Crippen molar-refractivity contribution in [2.45, 2.75) is 0 Å². The zero-order valence-electron chi connectivity index (χ0n) is 11.1. The Bertz CT molecular complexity index is 731. The Morgan fingerprint density at radius 3 is 2.68 bits per heavy atom. The zero-order valence-corrected chi connectivity index (χ0v) is 15.1. The number of carbonyl (C=O) groups excluding carboxylic acids is 2. The standard InChI is InChI=1S/C14H10Br2N2O3S/c1-2-3-18-13(21)9(12(20)17-14(18)22)5-7-4-8(15)6-10(16)11(7)19/h2,4-6,19H,1,3H2,(H,17,20,22)/b9-5+.